The number of esters is 1. The highest BCUT2D eigenvalue weighted by molar-refractivity contribution is 5.88. The zero-order valence-electron chi connectivity index (χ0n) is 13.4. The molecule has 0 fully saturated rings. The summed E-state index contributed by atoms with van der Waals surface area (Å²) in [7, 11) is 1.37. The molecule has 0 spiro atoms. The number of carbonyl (C=O) groups is 2. The van der Waals surface area contributed by atoms with E-state index in [9.17, 15) is 9.59 Å². The molecule has 1 amide bonds. The van der Waals surface area contributed by atoms with E-state index in [4.69, 9.17) is 0 Å². The van der Waals surface area contributed by atoms with Gasteiger partial charge in [0.25, 0.3) is 0 Å². The number of unbranched alkanes of at least 4 members (excludes halogenated alkanes) is 2. The maximum atomic E-state index is 11.4. The number of benzene rings is 1. The van der Waals surface area contributed by atoms with Crippen molar-refractivity contribution in [3.8, 4) is 0 Å². The summed E-state index contributed by atoms with van der Waals surface area (Å²) < 4.78 is 4.68. The SMILES string of the molecule is CCCCC/C(=C\C(=O)OC)Nc1ccc(NC(C)=O)cc1. The van der Waals surface area contributed by atoms with Crippen LogP contribution >= 0.6 is 0 Å². The molecule has 0 unspecified atom stereocenters. The fraction of sp³-hybridized carbons (Fsp3) is 0.412. The highest BCUT2D eigenvalue weighted by atomic mass is 16.5. The van der Waals surface area contributed by atoms with Crippen LogP contribution in [0.25, 0.3) is 0 Å². The predicted octanol–water partition coefficient (Wildman–Crippen LogP) is 3.69. The molecule has 0 aromatic heterocycles. The molecule has 1 rings (SSSR count). The first-order valence-electron chi connectivity index (χ1n) is 7.48. The number of methoxy groups -OCH3 is 1. The van der Waals surface area contributed by atoms with Crippen molar-refractivity contribution in [1.29, 1.82) is 0 Å². The minimum Gasteiger partial charge on any atom is -0.466 e. The lowest BCUT2D eigenvalue weighted by Crippen LogP contribution is -2.07. The van der Waals surface area contributed by atoms with Gasteiger partial charge >= 0.3 is 5.97 Å². The number of anilines is 2. The fourth-order valence-corrected chi connectivity index (χ4v) is 1.96. The van der Waals surface area contributed by atoms with Crippen molar-refractivity contribution in [2.24, 2.45) is 0 Å². The van der Waals surface area contributed by atoms with Crippen LogP contribution in [0.5, 0.6) is 0 Å². The predicted molar refractivity (Wildman–Crippen MR) is 88.6 cm³/mol. The first-order valence-corrected chi connectivity index (χ1v) is 7.48. The van der Waals surface area contributed by atoms with E-state index in [1.807, 2.05) is 24.3 Å². The summed E-state index contributed by atoms with van der Waals surface area (Å²) in [6.07, 6.45) is 5.52. The second-order valence-corrected chi connectivity index (χ2v) is 5.03. The Labute approximate surface area is 131 Å². The maximum absolute atomic E-state index is 11.4. The van der Waals surface area contributed by atoms with Crippen LogP contribution in [0.2, 0.25) is 0 Å². The van der Waals surface area contributed by atoms with Crippen molar-refractivity contribution in [3.63, 3.8) is 0 Å². The van der Waals surface area contributed by atoms with Crippen molar-refractivity contribution < 1.29 is 14.3 Å². The molecule has 2 N–H and O–H groups in total. The Balaban J connectivity index is 2.73. The number of carbonyl (C=O) groups excluding carboxylic acids is 2. The first-order chi connectivity index (χ1) is 10.5. The summed E-state index contributed by atoms with van der Waals surface area (Å²) in [4.78, 5) is 22.4. The van der Waals surface area contributed by atoms with Crippen molar-refractivity contribution in [1.82, 2.24) is 0 Å². The molecule has 0 aliphatic carbocycles. The van der Waals surface area contributed by atoms with Crippen molar-refractivity contribution in [2.45, 2.75) is 39.5 Å². The Hall–Kier alpha value is -2.30. The lowest BCUT2D eigenvalue weighted by atomic mass is 10.1. The molecule has 0 aliphatic rings. The van der Waals surface area contributed by atoms with Crippen LogP contribution in [-0.4, -0.2) is 19.0 Å². The zero-order valence-corrected chi connectivity index (χ0v) is 13.4. The minimum absolute atomic E-state index is 0.105. The Morgan fingerprint density at radius 1 is 1.09 bits per heavy atom. The summed E-state index contributed by atoms with van der Waals surface area (Å²) in [6, 6.07) is 7.34. The van der Waals surface area contributed by atoms with Gasteiger partial charge in [-0.1, -0.05) is 19.8 Å². The second-order valence-electron chi connectivity index (χ2n) is 5.03. The molecular formula is C17H24N2O3. The Bertz CT molecular complexity index is 521. The average Bonchev–Trinajstić information content (AvgIpc) is 2.48. The monoisotopic (exact) mass is 304 g/mol. The zero-order chi connectivity index (χ0) is 16.4. The van der Waals surface area contributed by atoms with Gasteiger partial charge in [0.2, 0.25) is 5.91 Å². The van der Waals surface area contributed by atoms with Gasteiger partial charge in [0.15, 0.2) is 0 Å². The standard InChI is InChI=1S/C17H24N2O3/c1-4-5-6-7-16(12-17(21)22-3)19-15-10-8-14(9-11-15)18-13(2)20/h8-12,19H,4-7H2,1-3H3,(H,18,20)/b16-12+. The third-order valence-electron chi connectivity index (χ3n) is 3.05. The van der Waals surface area contributed by atoms with Crippen LogP contribution < -0.4 is 10.6 Å². The Morgan fingerprint density at radius 2 is 1.68 bits per heavy atom. The first kappa shape index (κ1) is 17.8. The number of nitrogens with one attached hydrogen (secondary N) is 2. The third kappa shape index (κ3) is 6.92. The van der Waals surface area contributed by atoms with E-state index >= 15 is 0 Å². The van der Waals surface area contributed by atoms with Gasteiger partial charge in [-0.05, 0) is 37.1 Å². The highest BCUT2D eigenvalue weighted by Gasteiger charge is 2.04. The normalized spacial score (nSPS) is 11.0. The van der Waals surface area contributed by atoms with Crippen LogP contribution in [0.1, 0.15) is 39.5 Å². The second kappa shape index (κ2) is 9.60. The van der Waals surface area contributed by atoms with E-state index in [0.29, 0.717) is 0 Å². The lowest BCUT2D eigenvalue weighted by molar-refractivity contribution is -0.134. The van der Waals surface area contributed by atoms with E-state index in [0.717, 1.165) is 42.8 Å². The van der Waals surface area contributed by atoms with Crippen LogP contribution in [0.3, 0.4) is 0 Å². The molecule has 0 aliphatic heterocycles. The number of hydrogen-bond acceptors (Lipinski definition) is 4. The van der Waals surface area contributed by atoms with E-state index in [2.05, 4.69) is 22.3 Å². The smallest absolute Gasteiger partial charge is 0.332 e. The van der Waals surface area contributed by atoms with Gasteiger partial charge < -0.3 is 15.4 Å². The van der Waals surface area contributed by atoms with E-state index in [1.165, 1.54) is 20.1 Å². The van der Waals surface area contributed by atoms with Gasteiger partial charge in [-0.3, -0.25) is 4.79 Å². The molecule has 1 aromatic rings. The van der Waals surface area contributed by atoms with Crippen LogP contribution in [0.4, 0.5) is 11.4 Å². The molecule has 5 heteroatoms. The van der Waals surface area contributed by atoms with Crippen LogP contribution in [0, 0.1) is 0 Å². The van der Waals surface area contributed by atoms with Gasteiger partial charge in [-0.2, -0.15) is 0 Å². The number of amides is 1. The molecule has 0 saturated carbocycles. The number of ether oxygens (including phenoxy) is 1. The summed E-state index contributed by atoms with van der Waals surface area (Å²) in [6.45, 7) is 3.61. The van der Waals surface area contributed by atoms with Gasteiger partial charge in [-0.25, -0.2) is 4.79 Å². The quantitative estimate of drug-likeness (QED) is 0.436. The topological polar surface area (TPSA) is 67.4 Å². The molecular weight excluding hydrogens is 280 g/mol. The highest BCUT2D eigenvalue weighted by Crippen LogP contribution is 2.18. The van der Waals surface area contributed by atoms with Crippen LogP contribution in [0.15, 0.2) is 36.0 Å². The number of rotatable bonds is 8. The van der Waals surface area contributed by atoms with E-state index < -0.39 is 0 Å². The Morgan fingerprint density at radius 3 is 2.18 bits per heavy atom. The van der Waals surface area contributed by atoms with Gasteiger partial charge in [-0.15, -0.1) is 0 Å². The van der Waals surface area contributed by atoms with E-state index in [1.54, 1.807) is 0 Å². The summed E-state index contributed by atoms with van der Waals surface area (Å²) in [5.74, 6) is -0.472. The summed E-state index contributed by atoms with van der Waals surface area (Å²) in [5, 5.41) is 5.94. The molecule has 120 valence electrons. The average molecular weight is 304 g/mol. The lowest BCUT2D eigenvalue weighted by Gasteiger charge is -2.12. The molecule has 0 bridgehead atoms. The molecule has 0 atom stereocenters. The number of hydrogen-bond donors (Lipinski definition) is 2. The summed E-state index contributed by atoms with van der Waals surface area (Å²) >= 11 is 0. The van der Waals surface area contributed by atoms with Gasteiger partial charge in [0, 0.05) is 30.1 Å². The molecule has 0 radical (unpaired) electrons. The van der Waals surface area contributed by atoms with Crippen molar-refractivity contribution >= 4 is 23.3 Å². The third-order valence-corrected chi connectivity index (χ3v) is 3.05. The van der Waals surface area contributed by atoms with Gasteiger partial charge in [0.05, 0.1) is 7.11 Å². The molecule has 1 aromatic carbocycles. The molecule has 5 nitrogen and oxygen atoms in total. The van der Waals surface area contributed by atoms with Crippen molar-refractivity contribution in [3.05, 3.63) is 36.0 Å². The van der Waals surface area contributed by atoms with Crippen molar-refractivity contribution in [2.75, 3.05) is 17.7 Å². The maximum Gasteiger partial charge on any atom is 0.332 e. The van der Waals surface area contributed by atoms with Crippen LogP contribution in [-0.2, 0) is 14.3 Å². The minimum atomic E-state index is -0.367. The number of allylic oxidation sites excluding steroid dienone is 1. The molecule has 22 heavy (non-hydrogen) atoms. The van der Waals surface area contributed by atoms with E-state index in [-0.39, 0.29) is 11.9 Å². The largest absolute Gasteiger partial charge is 0.466 e. The molecule has 0 heterocycles. The van der Waals surface area contributed by atoms with Gasteiger partial charge in [0.1, 0.15) is 0 Å². The summed E-state index contributed by atoms with van der Waals surface area (Å²) in [5.41, 5.74) is 2.43. The fourth-order valence-electron chi connectivity index (χ4n) is 1.96. The Kier molecular flexibility index (Phi) is 7.75. The molecule has 0 saturated heterocycles.